The lowest BCUT2D eigenvalue weighted by atomic mass is 10.3. The second-order valence-corrected chi connectivity index (χ2v) is 5.57. The standard InChI is InChI=1S/C15H21N3S/c1-3-5-9-16-11-14-12(4-2)18-15(19-14)13-8-6-7-10-17-13/h6-8,10,16H,3-5,9,11H2,1-2H3. The predicted octanol–water partition coefficient (Wildman–Crippen LogP) is 3.66. The molecule has 0 fully saturated rings. The molecule has 0 saturated heterocycles. The monoisotopic (exact) mass is 275 g/mol. The molecule has 0 amide bonds. The molecule has 0 radical (unpaired) electrons. The molecule has 2 heterocycles. The van der Waals surface area contributed by atoms with E-state index < -0.39 is 0 Å². The van der Waals surface area contributed by atoms with E-state index in [0.29, 0.717) is 0 Å². The summed E-state index contributed by atoms with van der Waals surface area (Å²) in [5.74, 6) is 0. The number of rotatable bonds is 7. The highest BCUT2D eigenvalue weighted by Crippen LogP contribution is 2.26. The van der Waals surface area contributed by atoms with Crippen molar-refractivity contribution in [3.05, 3.63) is 35.0 Å². The van der Waals surface area contributed by atoms with Crippen molar-refractivity contribution in [2.24, 2.45) is 0 Å². The minimum Gasteiger partial charge on any atom is -0.312 e. The Morgan fingerprint density at radius 2 is 2.16 bits per heavy atom. The van der Waals surface area contributed by atoms with Gasteiger partial charge < -0.3 is 5.32 Å². The van der Waals surface area contributed by atoms with Gasteiger partial charge in [0.15, 0.2) is 0 Å². The van der Waals surface area contributed by atoms with Gasteiger partial charge in [0.25, 0.3) is 0 Å². The van der Waals surface area contributed by atoms with Crippen molar-refractivity contribution in [3.63, 3.8) is 0 Å². The molecule has 0 aliphatic rings. The van der Waals surface area contributed by atoms with E-state index in [-0.39, 0.29) is 0 Å². The van der Waals surface area contributed by atoms with Crippen molar-refractivity contribution in [2.45, 2.75) is 39.7 Å². The minimum absolute atomic E-state index is 0.924. The number of nitrogens with zero attached hydrogens (tertiary/aromatic N) is 2. The Bertz CT molecular complexity index is 493. The minimum atomic E-state index is 0.924. The number of pyridine rings is 1. The van der Waals surface area contributed by atoms with Crippen LogP contribution in [0.25, 0.3) is 10.7 Å². The number of aromatic nitrogens is 2. The van der Waals surface area contributed by atoms with Crippen LogP contribution >= 0.6 is 11.3 Å². The molecular weight excluding hydrogens is 254 g/mol. The number of aryl methyl sites for hydroxylation is 1. The van der Waals surface area contributed by atoms with Crippen LogP contribution in [0.2, 0.25) is 0 Å². The van der Waals surface area contributed by atoms with Crippen LogP contribution in [0.1, 0.15) is 37.3 Å². The Balaban J connectivity index is 2.09. The van der Waals surface area contributed by atoms with Gasteiger partial charge in [-0.1, -0.05) is 26.3 Å². The fourth-order valence-corrected chi connectivity index (χ4v) is 3.00. The molecule has 2 aromatic rings. The van der Waals surface area contributed by atoms with Crippen LogP contribution in [0.5, 0.6) is 0 Å². The number of hydrogen-bond donors (Lipinski definition) is 1. The number of thiazole rings is 1. The van der Waals surface area contributed by atoms with Gasteiger partial charge in [0.05, 0.1) is 11.4 Å². The second kappa shape index (κ2) is 7.36. The van der Waals surface area contributed by atoms with Crippen LogP contribution in [-0.2, 0) is 13.0 Å². The van der Waals surface area contributed by atoms with Crippen LogP contribution in [0.4, 0.5) is 0 Å². The first kappa shape index (κ1) is 14.2. The highest BCUT2D eigenvalue weighted by atomic mass is 32.1. The van der Waals surface area contributed by atoms with Gasteiger partial charge in [-0.2, -0.15) is 0 Å². The van der Waals surface area contributed by atoms with Crippen molar-refractivity contribution >= 4 is 11.3 Å². The number of unbranched alkanes of at least 4 members (excludes halogenated alkanes) is 1. The predicted molar refractivity (Wildman–Crippen MR) is 81.3 cm³/mol. The topological polar surface area (TPSA) is 37.8 Å². The summed E-state index contributed by atoms with van der Waals surface area (Å²) in [5.41, 5.74) is 2.18. The summed E-state index contributed by atoms with van der Waals surface area (Å²) in [4.78, 5) is 10.4. The molecule has 0 spiro atoms. The average molecular weight is 275 g/mol. The molecule has 2 rings (SSSR count). The Hall–Kier alpha value is -1.26. The molecular formula is C15H21N3S. The van der Waals surface area contributed by atoms with Crippen molar-refractivity contribution < 1.29 is 0 Å². The molecule has 0 aromatic carbocycles. The highest BCUT2D eigenvalue weighted by molar-refractivity contribution is 7.15. The van der Waals surface area contributed by atoms with E-state index in [1.807, 2.05) is 24.4 Å². The second-order valence-electron chi connectivity index (χ2n) is 4.49. The molecule has 0 atom stereocenters. The Morgan fingerprint density at radius 3 is 2.84 bits per heavy atom. The third-order valence-electron chi connectivity index (χ3n) is 2.99. The smallest absolute Gasteiger partial charge is 0.142 e. The fourth-order valence-electron chi connectivity index (χ4n) is 1.90. The zero-order valence-electron chi connectivity index (χ0n) is 11.6. The van der Waals surface area contributed by atoms with Gasteiger partial charge in [0.1, 0.15) is 5.01 Å². The van der Waals surface area contributed by atoms with Crippen molar-refractivity contribution in [3.8, 4) is 10.7 Å². The molecule has 19 heavy (non-hydrogen) atoms. The van der Waals surface area contributed by atoms with Gasteiger partial charge in [0, 0.05) is 17.6 Å². The van der Waals surface area contributed by atoms with E-state index in [2.05, 4.69) is 24.1 Å². The average Bonchev–Trinajstić information content (AvgIpc) is 2.88. The maximum atomic E-state index is 4.71. The van der Waals surface area contributed by atoms with Gasteiger partial charge in [-0.15, -0.1) is 11.3 Å². The quantitative estimate of drug-likeness (QED) is 0.784. The normalized spacial score (nSPS) is 10.8. The molecule has 2 aromatic heterocycles. The van der Waals surface area contributed by atoms with E-state index in [9.17, 15) is 0 Å². The Kier molecular flexibility index (Phi) is 5.48. The van der Waals surface area contributed by atoms with E-state index in [4.69, 9.17) is 4.98 Å². The van der Waals surface area contributed by atoms with Gasteiger partial charge in [0.2, 0.25) is 0 Å². The first-order chi connectivity index (χ1) is 9.35. The van der Waals surface area contributed by atoms with E-state index in [1.54, 1.807) is 11.3 Å². The lowest BCUT2D eigenvalue weighted by Crippen LogP contribution is -2.14. The van der Waals surface area contributed by atoms with Gasteiger partial charge in [-0.25, -0.2) is 4.98 Å². The van der Waals surface area contributed by atoms with Crippen LogP contribution in [0, 0.1) is 0 Å². The lowest BCUT2D eigenvalue weighted by Gasteiger charge is -2.02. The van der Waals surface area contributed by atoms with E-state index in [0.717, 1.165) is 30.2 Å². The van der Waals surface area contributed by atoms with Crippen molar-refractivity contribution in [1.29, 1.82) is 0 Å². The molecule has 4 heteroatoms. The zero-order valence-corrected chi connectivity index (χ0v) is 12.5. The third-order valence-corrected chi connectivity index (χ3v) is 4.11. The maximum Gasteiger partial charge on any atom is 0.142 e. The summed E-state index contributed by atoms with van der Waals surface area (Å²) in [6.45, 7) is 6.38. The fraction of sp³-hybridized carbons (Fsp3) is 0.467. The molecule has 1 N–H and O–H groups in total. The summed E-state index contributed by atoms with van der Waals surface area (Å²) < 4.78 is 0. The Labute approximate surface area is 119 Å². The summed E-state index contributed by atoms with van der Waals surface area (Å²) in [6.07, 6.45) is 5.26. The van der Waals surface area contributed by atoms with Crippen LogP contribution in [0.3, 0.4) is 0 Å². The summed E-state index contributed by atoms with van der Waals surface area (Å²) in [7, 11) is 0. The third kappa shape index (κ3) is 3.85. The number of nitrogens with one attached hydrogen (secondary N) is 1. The van der Waals surface area contributed by atoms with Gasteiger partial charge in [-0.05, 0) is 31.5 Å². The SMILES string of the molecule is CCCCNCc1sc(-c2ccccn2)nc1CC. The maximum absolute atomic E-state index is 4.71. The van der Waals surface area contributed by atoms with E-state index in [1.165, 1.54) is 23.4 Å². The number of hydrogen-bond acceptors (Lipinski definition) is 4. The molecule has 0 saturated carbocycles. The molecule has 0 aliphatic heterocycles. The zero-order chi connectivity index (χ0) is 13.5. The molecule has 0 aliphatic carbocycles. The lowest BCUT2D eigenvalue weighted by molar-refractivity contribution is 0.642. The summed E-state index contributed by atoms with van der Waals surface area (Å²) in [5, 5.41) is 4.52. The molecule has 3 nitrogen and oxygen atoms in total. The van der Waals surface area contributed by atoms with Crippen LogP contribution in [0.15, 0.2) is 24.4 Å². The first-order valence-corrected chi connectivity index (χ1v) is 7.77. The van der Waals surface area contributed by atoms with Gasteiger partial charge in [-0.3, -0.25) is 4.98 Å². The van der Waals surface area contributed by atoms with Crippen molar-refractivity contribution in [2.75, 3.05) is 6.54 Å². The molecule has 102 valence electrons. The Morgan fingerprint density at radius 1 is 1.26 bits per heavy atom. The summed E-state index contributed by atoms with van der Waals surface area (Å²) in [6, 6.07) is 5.96. The van der Waals surface area contributed by atoms with Crippen molar-refractivity contribution in [1.82, 2.24) is 15.3 Å². The highest BCUT2D eigenvalue weighted by Gasteiger charge is 2.11. The molecule has 0 unspecified atom stereocenters. The first-order valence-electron chi connectivity index (χ1n) is 6.95. The van der Waals surface area contributed by atoms with E-state index >= 15 is 0 Å². The van der Waals surface area contributed by atoms with Crippen LogP contribution < -0.4 is 5.32 Å². The summed E-state index contributed by atoms with van der Waals surface area (Å²) >= 11 is 1.76. The van der Waals surface area contributed by atoms with Gasteiger partial charge >= 0.3 is 0 Å². The largest absolute Gasteiger partial charge is 0.312 e. The van der Waals surface area contributed by atoms with Crippen LogP contribution in [-0.4, -0.2) is 16.5 Å². The molecule has 0 bridgehead atoms.